The van der Waals surface area contributed by atoms with E-state index in [0.717, 1.165) is 6.92 Å². The van der Waals surface area contributed by atoms with Gasteiger partial charge in [-0.25, -0.2) is 0 Å². The predicted octanol–water partition coefficient (Wildman–Crippen LogP) is -0.117. The number of allylic oxidation sites excluding steroid dienone is 1. The zero-order valence-electron chi connectivity index (χ0n) is 15.9. The maximum atomic E-state index is 12.1. The van der Waals surface area contributed by atoms with Crippen LogP contribution >= 0.6 is 11.6 Å². The van der Waals surface area contributed by atoms with Crippen LogP contribution in [-0.4, -0.2) is 60.1 Å². The summed E-state index contributed by atoms with van der Waals surface area (Å²) in [5.41, 5.74) is 7.02. The summed E-state index contributed by atoms with van der Waals surface area (Å²) in [5.74, 6) is -2.80. The number of aliphatic hydroxyl groups is 2. The molecule has 1 amide bonds. The maximum Gasteiger partial charge on any atom is 0.271 e. The highest BCUT2D eigenvalue weighted by atomic mass is 35.5. The van der Waals surface area contributed by atoms with Crippen LogP contribution in [0.25, 0.3) is 5.70 Å². The van der Waals surface area contributed by atoms with Gasteiger partial charge in [0.15, 0.2) is 0 Å². The Kier molecular flexibility index (Phi) is 7.10. The molecule has 1 aromatic heterocycles. The number of hydrogen-bond acceptors (Lipinski definition) is 7. The van der Waals surface area contributed by atoms with Crippen LogP contribution < -0.4 is 11.1 Å². The highest BCUT2D eigenvalue weighted by Gasteiger charge is 2.24. The number of H-pyrrole nitrogens is 1. The van der Waals surface area contributed by atoms with Crippen LogP contribution in [0.5, 0.6) is 0 Å². The molecule has 0 spiro atoms. The SMILES string of the molecule is [B]C([B])(CNC(=O)c1cc(C(C)(O)O)[nH]n1)N=CC=C(N)c1ccc(C#N)c(Cl)c1. The minimum absolute atomic E-state index is 0.0547. The van der Waals surface area contributed by atoms with Gasteiger partial charge in [0.05, 0.1) is 32.0 Å². The molecule has 12 heteroatoms. The second-order valence-electron chi connectivity index (χ2n) is 6.57. The molecule has 6 N–H and O–H groups in total. The second-order valence-corrected chi connectivity index (χ2v) is 6.98. The first-order valence-corrected chi connectivity index (χ1v) is 8.88. The van der Waals surface area contributed by atoms with Crippen molar-refractivity contribution >= 4 is 45.1 Å². The lowest BCUT2D eigenvalue weighted by molar-refractivity contribution is -0.155. The number of rotatable bonds is 7. The number of nitrogens with two attached hydrogens (primary N) is 1. The fourth-order valence-electron chi connectivity index (χ4n) is 2.18. The lowest BCUT2D eigenvalue weighted by Gasteiger charge is -2.20. The molecule has 0 bridgehead atoms. The number of carbonyl (C=O) groups is 1. The summed E-state index contributed by atoms with van der Waals surface area (Å²) in [5, 5.41) is 34.9. The normalized spacial score (nSPS) is 12.7. The van der Waals surface area contributed by atoms with Gasteiger partial charge in [-0.05, 0) is 36.8 Å². The Labute approximate surface area is 180 Å². The molecule has 2 aromatic rings. The van der Waals surface area contributed by atoms with E-state index >= 15 is 0 Å². The zero-order valence-corrected chi connectivity index (χ0v) is 16.7. The first-order chi connectivity index (χ1) is 13.9. The van der Waals surface area contributed by atoms with Crippen molar-refractivity contribution in [2.45, 2.75) is 18.0 Å². The number of amides is 1. The summed E-state index contributed by atoms with van der Waals surface area (Å²) < 4.78 is 0. The third-order valence-electron chi connectivity index (χ3n) is 3.84. The van der Waals surface area contributed by atoms with Crippen molar-refractivity contribution in [3.8, 4) is 6.07 Å². The monoisotopic (exact) mass is 422 g/mol. The van der Waals surface area contributed by atoms with Gasteiger partial charge in [-0.3, -0.25) is 9.89 Å². The molecule has 0 aliphatic heterocycles. The largest absolute Gasteiger partial charge is 0.398 e. The van der Waals surface area contributed by atoms with E-state index in [-0.39, 0.29) is 23.0 Å². The number of aliphatic imine (C=N–C) groups is 1. The van der Waals surface area contributed by atoms with Crippen LogP contribution in [0.3, 0.4) is 0 Å². The smallest absolute Gasteiger partial charge is 0.271 e. The van der Waals surface area contributed by atoms with Crippen LogP contribution in [0.2, 0.25) is 5.02 Å². The number of hydrogen-bond donors (Lipinski definition) is 5. The molecule has 0 saturated carbocycles. The Hall–Kier alpha value is -3.06. The van der Waals surface area contributed by atoms with Gasteiger partial charge in [-0.1, -0.05) is 17.7 Å². The van der Waals surface area contributed by atoms with Gasteiger partial charge in [-0.2, -0.15) is 10.4 Å². The summed E-state index contributed by atoms with van der Waals surface area (Å²) in [6.07, 6.45) is 2.72. The molecular weight excluding hydrogens is 405 g/mol. The number of nitrogens with zero attached hydrogens (tertiary/aromatic N) is 3. The minimum Gasteiger partial charge on any atom is -0.398 e. The summed E-state index contributed by atoms with van der Waals surface area (Å²) in [7, 11) is 11.7. The molecule has 1 aromatic carbocycles. The molecule has 4 radical (unpaired) electrons. The lowest BCUT2D eigenvalue weighted by Crippen LogP contribution is -2.42. The van der Waals surface area contributed by atoms with E-state index in [4.69, 9.17) is 38.3 Å². The van der Waals surface area contributed by atoms with Crippen molar-refractivity contribution in [3.63, 3.8) is 0 Å². The first kappa shape index (κ1) is 23.2. The predicted molar refractivity (Wildman–Crippen MR) is 114 cm³/mol. The van der Waals surface area contributed by atoms with Crippen molar-refractivity contribution in [2.75, 3.05) is 6.54 Å². The highest BCUT2D eigenvalue weighted by molar-refractivity contribution is 6.41. The molecule has 150 valence electrons. The van der Waals surface area contributed by atoms with E-state index in [0.29, 0.717) is 16.8 Å². The van der Waals surface area contributed by atoms with Gasteiger partial charge in [0.1, 0.15) is 11.8 Å². The minimum atomic E-state index is -2.16. The van der Waals surface area contributed by atoms with E-state index in [1.165, 1.54) is 24.4 Å². The van der Waals surface area contributed by atoms with Crippen LogP contribution in [0.15, 0.2) is 35.3 Å². The van der Waals surface area contributed by atoms with E-state index in [9.17, 15) is 15.0 Å². The second kappa shape index (κ2) is 9.17. The molecule has 1 heterocycles. The molecule has 30 heavy (non-hydrogen) atoms. The molecule has 0 saturated heterocycles. The molecule has 0 aliphatic carbocycles. The van der Waals surface area contributed by atoms with Crippen LogP contribution in [0.1, 0.15) is 34.2 Å². The third kappa shape index (κ3) is 6.22. The number of carbonyl (C=O) groups excluding carboxylic acids is 1. The Bertz CT molecular complexity index is 1040. The quantitative estimate of drug-likeness (QED) is 0.238. The fraction of sp³-hybridized carbons (Fsp3) is 0.222. The number of aromatic amines is 1. The average Bonchev–Trinajstić information content (AvgIpc) is 3.16. The molecule has 2 rings (SSSR count). The van der Waals surface area contributed by atoms with E-state index in [2.05, 4.69) is 20.5 Å². The Morgan fingerprint density at radius 3 is 2.73 bits per heavy atom. The number of nitriles is 1. The fourth-order valence-corrected chi connectivity index (χ4v) is 2.40. The van der Waals surface area contributed by atoms with Gasteiger partial charge in [0.2, 0.25) is 5.79 Å². The van der Waals surface area contributed by atoms with Gasteiger partial charge in [0, 0.05) is 23.8 Å². The molecule has 9 nitrogen and oxygen atoms in total. The van der Waals surface area contributed by atoms with Crippen LogP contribution in [0, 0.1) is 11.3 Å². The van der Waals surface area contributed by atoms with Crippen LogP contribution in [-0.2, 0) is 5.79 Å². The van der Waals surface area contributed by atoms with Crippen LogP contribution in [0.4, 0.5) is 0 Å². The lowest BCUT2D eigenvalue weighted by atomic mass is 9.62. The van der Waals surface area contributed by atoms with E-state index < -0.39 is 17.0 Å². The van der Waals surface area contributed by atoms with Gasteiger partial charge < -0.3 is 26.3 Å². The number of nitrogens with one attached hydrogen (secondary N) is 2. The molecule has 0 atom stereocenters. The molecule has 0 aliphatic rings. The van der Waals surface area contributed by atoms with Crippen molar-refractivity contribution in [1.29, 1.82) is 5.26 Å². The van der Waals surface area contributed by atoms with E-state index in [1.807, 2.05) is 6.07 Å². The highest BCUT2D eigenvalue weighted by Crippen LogP contribution is 2.20. The van der Waals surface area contributed by atoms with Crippen molar-refractivity contribution < 1.29 is 15.0 Å². The average molecular weight is 422 g/mol. The topological polar surface area (TPSA) is 160 Å². The summed E-state index contributed by atoms with van der Waals surface area (Å²) in [6.45, 7) is 0.878. The standard InChI is InChI=1S/C18H17B2ClN6O3/c1-17(29,30)15-7-14(26-27-15)16(28)24-9-18(19,20)25-5-4-13(23)10-2-3-11(8-22)12(21)6-10/h2-7,29-30H,9,23H2,1H3,(H,24,28)(H,26,27). The molecule has 0 fully saturated rings. The number of benzene rings is 1. The van der Waals surface area contributed by atoms with Gasteiger partial charge in [-0.15, -0.1) is 0 Å². The first-order valence-electron chi connectivity index (χ1n) is 8.50. The third-order valence-corrected chi connectivity index (χ3v) is 4.16. The zero-order chi connectivity index (χ0) is 22.5. The van der Waals surface area contributed by atoms with Gasteiger partial charge in [0.25, 0.3) is 5.91 Å². The Morgan fingerprint density at radius 2 is 2.17 bits per heavy atom. The summed E-state index contributed by atoms with van der Waals surface area (Å²) >= 11 is 5.97. The summed E-state index contributed by atoms with van der Waals surface area (Å²) in [4.78, 5) is 16.0. The van der Waals surface area contributed by atoms with Gasteiger partial charge >= 0.3 is 0 Å². The number of halogens is 1. The van der Waals surface area contributed by atoms with Crippen molar-refractivity contribution in [3.05, 3.63) is 57.9 Å². The Morgan fingerprint density at radius 1 is 1.47 bits per heavy atom. The summed E-state index contributed by atoms with van der Waals surface area (Å²) in [6, 6.07) is 7.84. The number of aromatic nitrogens is 2. The maximum absolute atomic E-state index is 12.1. The molecular formula is C18H17B2ClN6O3. The Balaban J connectivity index is 1.98. The van der Waals surface area contributed by atoms with Crippen molar-refractivity contribution in [2.24, 2.45) is 10.7 Å². The molecule has 0 unspecified atom stereocenters. The van der Waals surface area contributed by atoms with E-state index in [1.54, 1.807) is 12.1 Å². The van der Waals surface area contributed by atoms with Crippen molar-refractivity contribution in [1.82, 2.24) is 15.5 Å².